The molecular weight excluding hydrogens is 282 g/mol. The molecule has 1 rings (SSSR count). The monoisotopic (exact) mass is 305 g/mol. The van der Waals surface area contributed by atoms with Crippen LogP contribution >= 0.6 is 0 Å². The van der Waals surface area contributed by atoms with Crippen LogP contribution < -0.4 is 5.32 Å². The second kappa shape index (κ2) is 9.00. The SMILES string of the molecule is C=CCOCC(NC(=O)CCc1cc(C)cc(C)c1)C(=O)O. The first-order valence-electron chi connectivity index (χ1n) is 7.20. The molecule has 0 aliphatic rings. The summed E-state index contributed by atoms with van der Waals surface area (Å²) >= 11 is 0. The number of aryl methyl sites for hydroxylation is 3. The number of amides is 1. The van der Waals surface area contributed by atoms with E-state index in [2.05, 4.69) is 18.0 Å². The molecule has 1 atom stereocenters. The molecule has 1 aromatic carbocycles. The summed E-state index contributed by atoms with van der Waals surface area (Å²) in [5.41, 5.74) is 3.37. The number of carboxylic acid groups (broad SMARTS) is 1. The molecule has 0 aliphatic carbocycles. The molecule has 1 aromatic rings. The third kappa shape index (κ3) is 6.54. The highest BCUT2D eigenvalue weighted by Crippen LogP contribution is 2.10. The van der Waals surface area contributed by atoms with Crippen LogP contribution in [0.5, 0.6) is 0 Å². The molecule has 0 aromatic heterocycles. The van der Waals surface area contributed by atoms with Gasteiger partial charge in [-0.2, -0.15) is 0 Å². The Kier molecular flexibility index (Phi) is 7.32. The normalized spacial score (nSPS) is 11.7. The highest BCUT2D eigenvalue weighted by atomic mass is 16.5. The summed E-state index contributed by atoms with van der Waals surface area (Å²) in [5.74, 6) is -1.41. The molecule has 1 unspecified atom stereocenters. The van der Waals surface area contributed by atoms with Gasteiger partial charge in [0.2, 0.25) is 5.91 Å². The number of hydrogen-bond donors (Lipinski definition) is 2. The topological polar surface area (TPSA) is 75.6 Å². The van der Waals surface area contributed by atoms with E-state index in [9.17, 15) is 9.59 Å². The standard InChI is InChI=1S/C17H23NO4/c1-4-7-22-11-15(17(20)21)18-16(19)6-5-14-9-12(2)8-13(3)10-14/h4,8-10,15H,1,5-7,11H2,2-3H3,(H,18,19)(H,20,21). The molecule has 0 heterocycles. The maximum Gasteiger partial charge on any atom is 0.328 e. The lowest BCUT2D eigenvalue weighted by molar-refractivity contribution is -0.143. The lowest BCUT2D eigenvalue weighted by Crippen LogP contribution is -2.44. The van der Waals surface area contributed by atoms with Crippen LogP contribution in [0.15, 0.2) is 30.9 Å². The first-order valence-corrected chi connectivity index (χ1v) is 7.20. The number of benzene rings is 1. The molecule has 5 nitrogen and oxygen atoms in total. The van der Waals surface area contributed by atoms with Crippen LogP contribution in [0.4, 0.5) is 0 Å². The Morgan fingerprint density at radius 1 is 1.32 bits per heavy atom. The minimum Gasteiger partial charge on any atom is -0.480 e. The third-order valence-electron chi connectivity index (χ3n) is 3.08. The van der Waals surface area contributed by atoms with Crippen LogP contribution in [-0.2, 0) is 20.7 Å². The molecule has 2 N–H and O–H groups in total. The minimum absolute atomic E-state index is 0.0728. The van der Waals surface area contributed by atoms with E-state index in [4.69, 9.17) is 9.84 Å². The summed E-state index contributed by atoms with van der Waals surface area (Å²) in [7, 11) is 0. The molecule has 0 saturated carbocycles. The third-order valence-corrected chi connectivity index (χ3v) is 3.08. The van der Waals surface area contributed by atoms with Crippen molar-refractivity contribution in [2.24, 2.45) is 0 Å². The van der Waals surface area contributed by atoms with Crippen LogP contribution in [0.25, 0.3) is 0 Å². The highest BCUT2D eigenvalue weighted by Gasteiger charge is 2.19. The summed E-state index contributed by atoms with van der Waals surface area (Å²) in [6.07, 6.45) is 2.35. The van der Waals surface area contributed by atoms with Crippen LogP contribution in [-0.4, -0.2) is 36.2 Å². The fourth-order valence-corrected chi connectivity index (χ4v) is 2.18. The zero-order valence-electron chi connectivity index (χ0n) is 13.1. The zero-order valence-corrected chi connectivity index (χ0v) is 13.1. The first-order chi connectivity index (χ1) is 10.4. The lowest BCUT2D eigenvalue weighted by atomic mass is 10.0. The van der Waals surface area contributed by atoms with Crippen molar-refractivity contribution in [2.45, 2.75) is 32.7 Å². The van der Waals surface area contributed by atoms with E-state index in [0.717, 1.165) is 16.7 Å². The van der Waals surface area contributed by atoms with Crippen molar-refractivity contribution >= 4 is 11.9 Å². The molecule has 0 radical (unpaired) electrons. The van der Waals surface area contributed by atoms with Gasteiger partial charge in [0.25, 0.3) is 0 Å². The maximum atomic E-state index is 11.9. The Labute approximate surface area is 131 Å². The van der Waals surface area contributed by atoms with Gasteiger partial charge in [-0.15, -0.1) is 6.58 Å². The number of aliphatic carboxylic acids is 1. The molecule has 0 saturated heterocycles. The zero-order chi connectivity index (χ0) is 16.5. The molecule has 0 aliphatic heterocycles. The van der Waals surface area contributed by atoms with Crippen molar-refractivity contribution in [1.29, 1.82) is 0 Å². The van der Waals surface area contributed by atoms with Gasteiger partial charge in [0.15, 0.2) is 6.04 Å². The largest absolute Gasteiger partial charge is 0.480 e. The second-order valence-corrected chi connectivity index (χ2v) is 5.28. The number of nitrogens with one attached hydrogen (secondary N) is 1. The van der Waals surface area contributed by atoms with Crippen molar-refractivity contribution in [1.82, 2.24) is 5.32 Å². The Balaban J connectivity index is 2.49. The van der Waals surface area contributed by atoms with Crippen molar-refractivity contribution < 1.29 is 19.4 Å². The quantitative estimate of drug-likeness (QED) is 0.540. The number of rotatable bonds is 9. The number of ether oxygens (including phenoxy) is 1. The summed E-state index contributed by atoms with van der Waals surface area (Å²) < 4.78 is 5.09. The molecule has 5 heteroatoms. The van der Waals surface area contributed by atoms with E-state index < -0.39 is 12.0 Å². The van der Waals surface area contributed by atoms with Gasteiger partial charge in [0.05, 0.1) is 13.2 Å². The van der Waals surface area contributed by atoms with Gasteiger partial charge in [0.1, 0.15) is 0 Å². The summed E-state index contributed by atoms with van der Waals surface area (Å²) in [6.45, 7) is 7.68. The molecule has 1 amide bonds. The minimum atomic E-state index is -1.11. The first kappa shape index (κ1) is 17.9. The molecule has 120 valence electrons. The smallest absolute Gasteiger partial charge is 0.328 e. The molecule has 22 heavy (non-hydrogen) atoms. The Hall–Kier alpha value is -2.14. The van der Waals surface area contributed by atoms with Crippen LogP contribution in [0.2, 0.25) is 0 Å². The molecule has 0 fully saturated rings. The predicted molar refractivity (Wildman–Crippen MR) is 84.8 cm³/mol. The lowest BCUT2D eigenvalue weighted by Gasteiger charge is -2.14. The van der Waals surface area contributed by atoms with Crippen molar-refractivity contribution in [3.8, 4) is 0 Å². The van der Waals surface area contributed by atoms with Crippen molar-refractivity contribution in [3.63, 3.8) is 0 Å². The van der Waals surface area contributed by atoms with Gasteiger partial charge in [0, 0.05) is 6.42 Å². The average molecular weight is 305 g/mol. The van der Waals surface area contributed by atoms with E-state index in [1.807, 2.05) is 26.0 Å². The summed E-state index contributed by atoms with van der Waals surface area (Å²) in [4.78, 5) is 23.0. The Bertz CT molecular complexity index is 519. The van der Waals surface area contributed by atoms with Gasteiger partial charge in [-0.05, 0) is 25.8 Å². The number of hydrogen-bond acceptors (Lipinski definition) is 3. The van der Waals surface area contributed by atoms with Gasteiger partial charge in [-0.3, -0.25) is 4.79 Å². The average Bonchev–Trinajstić information content (AvgIpc) is 2.43. The number of carboxylic acids is 1. The van der Waals surface area contributed by atoms with Crippen LogP contribution in [0, 0.1) is 13.8 Å². The van der Waals surface area contributed by atoms with E-state index in [1.165, 1.54) is 6.08 Å². The predicted octanol–water partition coefficient (Wildman–Crippen LogP) is 2.01. The van der Waals surface area contributed by atoms with Crippen molar-refractivity contribution in [3.05, 3.63) is 47.5 Å². The molecular formula is C17H23NO4. The second-order valence-electron chi connectivity index (χ2n) is 5.28. The maximum absolute atomic E-state index is 11.9. The number of carbonyl (C=O) groups excluding carboxylic acids is 1. The van der Waals surface area contributed by atoms with Gasteiger partial charge in [-0.1, -0.05) is 35.4 Å². The molecule has 0 spiro atoms. The number of carbonyl (C=O) groups is 2. The Morgan fingerprint density at radius 2 is 1.95 bits per heavy atom. The Morgan fingerprint density at radius 3 is 2.50 bits per heavy atom. The van der Waals surface area contributed by atoms with E-state index in [1.54, 1.807) is 0 Å². The molecule has 0 bridgehead atoms. The van der Waals surface area contributed by atoms with E-state index >= 15 is 0 Å². The van der Waals surface area contributed by atoms with Crippen LogP contribution in [0.1, 0.15) is 23.1 Å². The van der Waals surface area contributed by atoms with E-state index in [0.29, 0.717) is 6.42 Å². The fraction of sp³-hybridized carbons (Fsp3) is 0.412. The van der Waals surface area contributed by atoms with Gasteiger partial charge >= 0.3 is 5.97 Å². The van der Waals surface area contributed by atoms with Gasteiger partial charge in [-0.25, -0.2) is 4.79 Å². The summed E-state index contributed by atoms with van der Waals surface area (Å²) in [6, 6.07) is 5.09. The van der Waals surface area contributed by atoms with E-state index in [-0.39, 0.29) is 25.5 Å². The highest BCUT2D eigenvalue weighted by molar-refractivity contribution is 5.83. The van der Waals surface area contributed by atoms with Gasteiger partial charge < -0.3 is 15.2 Å². The summed E-state index contributed by atoms with van der Waals surface area (Å²) in [5, 5.41) is 11.5. The van der Waals surface area contributed by atoms with Crippen LogP contribution in [0.3, 0.4) is 0 Å². The fourth-order valence-electron chi connectivity index (χ4n) is 2.18. The van der Waals surface area contributed by atoms with Crippen molar-refractivity contribution in [2.75, 3.05) is 13.2 Å².